The summed E-state index contributed by atoms with van der Waals surface area (Å²) in [4.78, 5) is 5.68. The fourth-order valence-electron chi connectivity index (χ4n) is 1.15. The molecule has 1 heterocycles. The summed E-state index contributed by atoms with van der Waals surface area (Å²) in [7, 11) is 1.79. The summed E-state index contributed by atoms with van der Waals surface area (Å²) in [6, 6.07) is 5.88. The third kappa shape index (κ3) is 2.85. The van der Waals surface area contributed by atoms with Crippen LogP contribution in [0.3, 0.4) is 0 Å². The zero-order valence-electron chi connectivity index (χ0n) is 8.44. The van der Waals surface area contributed by atoms with Crippen LogP contribution < -0.4 is 10.2 Å². The number of pyridine rings is 1. The van der Waals surface area contributed by atoms with Gasteiger partial charge in [0, 0.05) is 7.05 Å². The third-order valence-electron chi connectivity index (χ3n) is 1.90. The second-order valence-electron chi connectivity index (χ2n) is 2.85. The van der Waals surface area contributed by atoms with E-state index in [1.165, 1.54) is 0 Å². The molecule has 0 aliphatic carbocycles. The van der Waals surface area contributed by atoms with Crippen LogP contribution in [0.25, 0.3) is 0 Å². The molecule has 0 amide bonds. The monoisotopic (exact) mass is 201 g/mol. The van der Waals surface area contributed by atoms with Gasteiger partial charge >= 0.3 is 0 Å². The zero-order chi connectivity index (χ0) is 11.1. The number of anilines is 2. The van der Waals surface area contributed by atoms with Crippen LogP contribution in [0.4, 0.5) is 11.4 Å². The van der Waals surface area contributed by atoms with E-state index in [-0.39, 0.29) is 13.1 Å². The number of hydrogen-bond donors (Lipinski definition) is 1. The average molecular weight is 201 g/mol. The molecule has 76 valence electrons. The summed E-state index contributed by atoms with van der Waals surface area (Å²) in [6.07, 6.45) is 3.32. The Morgan fingerprint density at radius 3 is 2.53 bits per heavy atom. The summed E-state index contributed by atoms with van der Waals surface area (Å²) < 4.78 is 0. The Morgan fingerprint density at radius 1 is 1.33 bits per heavy atom. The van der Waals surface area contributed by atoms with Gasteiger partial charge in [0.15, 0.2) is 0 Å². The van der Waals surface area contributed by atoms with Crippen LogP contribution in [0.2, 0.25) is 0 Å². The van der Waals surface area contributed by atoms with Gasteiger partial charge in [0.1, 0.15) is 13.1 Å². The molecule has 0 spiro atoms. The van der Waals surface area contributed by atoms with Gasteiger partial charge in [-0.25, -0.2) is 0 Å². The summed E-state index contributed by atoms with van der Waals surface area (Å²) in [5.41, 5.74) is 1.62. The average Bonchev–Trinajstić information content (AvgIpc) is 2.29. The Labute approximate surface area is 88.6 Å². The molecule has 0 atom stereocenters. The molecule has 0 aromatic carbocycles. The largest absolute Gasteiger partial charge is 0.387 e. The van der Waals surface area contributed by atoms with E-state index in [9.17, 15) is 0 Å². The standard InChI is InChI=1S/C10H11N5/c1-13-9-6-10(8-14-7-9)15(4-2-11)5-3-12/h6-8,13H,4-5H2,1H3. The molecule has 5 heteroatoms. The van der Waals surface area contributed by atoms with Crippen LogP contribution in [0.1, 0.15) is 0 Å². The maximum Gasteiger partial charge on any atom is 0.107 e. The molecule has 1 rings (SSSR count). The van der Waals surface area contributed by atoms with Crippen LogP contribution in [0.5, 0.6) is 0 Å². The van der Waals surface area contributed by atoms with Crippen molar-refractivity contribution in [2.75, 3.05) is 30.4 Å². The van der Waals surface area contributed by atoms with Gasteiger partial charge in [0.25, 0.3) is 0 Å². The highest BCUT2D eigenvalue weighted by Crippen LogP contribution is 2.16. The van der Waals surface area contributed by atoms with E-state index in [0.29, 0.717) is 0 Å². The quantitative estimate of drug-likeness (QED) is 0.735. The lowest BCUT2D eigenvalue weighted by atomic mass is 10.3. The van der Waals surface area contributed by atoms with Gasteiger partial charge in [0.05, 0.1) is 35.9 Å². The Kier molecular flexibility index (Phi) is 3.93. The second-order valence-corrected chi connectivity index (χ2v) is 2.85. The summed E-state index contributed by atoms with van der Waals surface area (Å²) in [5.74, 6) is 0. The van der Waals surface area contributed by atoms with Crippen LogP contribution in [-0.4, -0.2) is 25.1 Å². The lowest BCUT2D eigenvalue weighted by molar-refractivity contribution is 0.960. The minimum atomic E-state index is 0.183. The topological polar surface area (TPSA) is 75.7 Å². The van der Waals surface area contributed by atoms with Crippen molar-refractivity contribution in [2.24, 2.45) is 0 Å². The van der Waals surface area contributed by atoms with Crippen LogP contribution in [0.15, 0.2) is 18.5 Å². The van der Waals surface area contributed by atoms with Crippen LogP contribution in [0, 0.1) is 22.7 Å². The van der Waals surface area contributed by atoms with Gasteiger partial charge in [-0.05, 0) is 6.07 Å². The first-order valence-corrected chi connectivity index (χ1v) is 4.43. The molecule has 0 aliphatic heterocycles. The first-order chi connectivity index (χ1) is 7.31. The maximum atomic E-state index is 8.61. The molecule has 0 bridgehead atoms. The van der Waals surface area contributed by atoms with Crippen molar-refractivity contribution in [3.05, 3.63) is 18.5 Å². The van der Waals surface area contributed by atoms with E-state index >= 15 is 0 Å². The number of nitriles is 2. The minimum absolute atomic E-state index is 0.183. The van der Waals surface area contributed by atoms with E-state index in [1.807, 2.05) is 18.2 Å². The SMILES string of the molecule is CNc1cncc(N(CC#N)CC#N)c1. The van der Waals surface area contributed by atoms with Gasteiger partial charge in [-0.1, -0.05) is 0 Å². The van der Waals surface area contributed by atoms with Crippen molar-refractivity contribution in [1.82, 2.24) is 4.98 Å². The molecule has 0 unspecified atom stereocenters. The number of nitrogens with zero attached hydrogens (tertiary/aromatic N) is 4. The lowest BCUT2D eigenvalue weighted by Gasteiger charge is -2.17. The Morgan fingerprint density at radius 2 is 2.00 bits per heavy atom. The van der Waals surface area contributed by atoms with Crippen molar-refractivity contribution >= 4 is 11.4 Å². The molecular weight excluding hydrogens is 190 g/mol. The van der Waals surface area contributed by atoms with Gasteiger partial charge in [0.2, 0.25) is 0 Å². The highest BCUT2D eigenvalue weighted by Gasteiger charge is 2.05. The molecule has 0 fully saturated rings. The fraction of sp³-hybridized carbons (Fsp3) is 0.300. The molecule has 1 N–H and O–H groups in total. The van der Waals surface area contributed by atoms with Crippen LogP contribution in [-0.2, 0) is 0 Å². The number of aromatic nitrogens is 1. The first kappa shape index (κ1) is 10.8. The smallest absolute Gasteiger partial charge is 0.107 e. The molecule has 15 heavy (non-hydrogen) atoms. The van der Waals surface area contributed by atoms with Crippen molar-refractivity contribution in [1.29, 1.82) is 10.5 Å². The molecule has 0 saturated heterocycles. The predicted molar refractivity (Wildman–Crippen MR) is 57.2 cm³/mol. The molecule has 0 radical (unpaired) electrons. The maximum absolute atomic E-state index is 8.61. The van der Waals surface area contributed by atoms with Gasteiger partial charge in [-0.2, -0.15) is 10.5 Å². The van der Waals surface area contributed by atoms with E-state index in [4.69, 9.17) is 10.5 Å². The van der Waals surface area contributed by atoms with E-state index in [0.717, 1.165) is 11.4 Å². The molecule has 1 aromatic rings. The zero-order valence-corrected chi connectivity index (χ0v) is 8.44. The molecular formula is C10H11N5. The van der Waals surface area contributed by atoms with Crippen molar-refractivity contribution in [3.8, 4) is 12.1 Å². The van der Waals surface area contributed by atoms with E-state index in [1.54, 1.807) is 24.3 Å². The van der Waals surface area contributed by atoms with Gasteiger partial charge < -0.3 is 10.2 Å². The normalized spacial score (nSPS) is 8.73. The number of hydrogen-bond acceptors (Lipinski definition) is 5. The first-order valence-electron chi connectivity index (χ1n) is 4.43. The van der Waals surface area contributed by atoms with Crippen molar-refractivity contribution < 1.29 is 0 Å². The Hall–Kier alpha value is -2.27. The summed E-state index contributed by atoms with van der Waals surface area (Å²) in [5, 5.41) is 20.2. The minimum Gasteiger partial charge on any atom is -0.387 e. The number of nitrogens with one attached hydrogen (secondary N) is 1. The predicted octanol–water partition coefficient (Wildman–Crippen LogP) is 0.977. The summed E-state index contributed by atoms with van der Waals surface area (Å²) >= 11 is 0. The van der Waals surface area contributed by atoms with Gasteiger partial charge in [-0.3, -0.25) is 4.98 Å². The van der Waals surface area contributed by atoms with E-state index in [2.05, 4.69) is 10.3 Å². The van der Waals surface area contributed by atoms with Gasteiger partial charge in [-0.15, -0.1) is 0 Å². The highest BCUT2D eigenvalue weighted by molar-refractivity contribution is 5.56. The third-order valence-corrected chi connectivity index (χ3v) is 1.90. The molecule has 5 nitrogen and oxygen atoms in total. The Bertz CT molecular complexity index is 385. The Balaban J connectivity index is 2.91. The fourth-order valence-corrected chi connectivity index (χ4v) is 1.15. The van der Waals surface area contributed by atoms with Crippen molar-refractivity contribution in [2.45, 2.75) is 0 Å². The second kappa shape index (κ2) is 5.46. The molecule has 0 aliphatic rings. The van der Waals surface area contributed by atoms with E-state index < -0.39 is 0 Å². The van der Waals surface area contributed by atoms with Crippen molar-refractivity contribution in [3.63, 3.8) is 0 Å². The summed E-state index contributed by atoms with van der Waals surface area (Å²) in [6.45, 7) is 0.366. The van der Waals surface area contributed by atoms with Crippen LogP contribution >= 0.6 is 0 Å². The highest BCUT2D eigenvalue weighted by atomic mass is 15.1. The lowest BCUT2D eigenvalue weighted by Crippen LogP contribution is -2.23. The molecule has 1 aromatic heterocycles. The number of rotatable bonds is 4. The molecule has 0 saturated carbocycles.